The fourth-order valence-electron chi connectivity index (χ4n) is 2.72. The maximum atomic E-state index is 13.7. The van der Waals surface area contributed by atoms with E-state index in [1.165, 1.54) is 0 Å². The summed E-state index contributed by atoms with van der Waals surface area (Å²) < 4.78 is 32.5. The summed E-state index contributed by atoms with van der Waals surface area (Å²) in [5.41, 5.74) is 1.25. The van der Waals surface area contributed by atoms with Crippen LogP contribution in [0, 0.1) is 11.6 Å². The highest BCUT2D eigenvalue weighted by atomic mass is 35.5. The normalized spacial score (nSPS) is 11.5. The number of nitrogens with one attached hydrogen (secondary N) is 2. The predicted octanol–water partition coefficient (Wildman–Crippen LogP) is 5.25. The van der Waals surface area contributed by atoms with Crippen LogP contribution in [0.3, 0.4) is 0 Å². The highest BCUT2D eigenvalue weighted by Gasteiger charge is 2.20. The molecule has 2 N–H and O–H groups in total. The molecule has 2 amide bonds. The van der Waals surface area contributed by atoms with Gasteiger partial charge in [-0.3, -0.25) is 15.1 Å². The Labute approximate surface area is 182 Å². The van der Waals surface area contributed by atoms with Crippen LogP contribution >= 0.6 is 11.6 Å². The second kappa shape index (κ2) is 9.99. The van der Waals surface area contributed by atoms with E-state index in [1.807, 2.05) is 0 Å². The van der Waals surface area contributed by atoms with Crippen LogP contribution in [0.4, 0.5) is 19.3 Å². The van der Waals surface area contributed by atoms with Crippen molar-refractivity contribution in [3.8, 4) is 0 Å². The lowest BCUT2D eigenvalue weighted by Crippen LogP contribution is -2.28. The van der Waals surface area contributed by atoms with Gasteiger partial charge in [-0.2, -0.15) is 0 Å². The lowest BCUT2D eigenvalue weighted by molar-refractivity contribution is 0.0931. The number of ether oxygens (including phenoxy) is 1. The van der Waals surface area contributed by atoms with Crippen molar-refractivity contribution in [1.29, 1.82) is 0 Å². The number of anilines is 1. The molecule has 1 atom stereocenters. The van der Waals surface area contributed by atoms with Crippen LogP contribution in [-0.2, 0) is 11.3 Å². The van der Waals surface area contributed by atoms with Crippen molar-refractivity contribution in [1.82, 2.24) is 10.3 Å². The number of amides is 2. The van der Waals surface area contributed by atoms with Crippen LogP contribution in [-0.4, -0.2) is 17.0 Å². The Bertz CT molecular complexity index is 1060. The van der Waals surface area contributed by atoms with E-state index >= 15 is 0 Å². The third kappa shape index (κ3) is 5.99. The van der Waals surface area contributed by atoms with Gasteiger partial charge in [-0.25, -0.2) is 13.6 Å². The summed E-state index contributed by atoms with van der Waals surface area (Å²) in [6.07, 6.45) is 0.914. The number of nitrogens with zero attached hydrogens (tertiary/aromatic N) is 1. The second-order valence-corrected chi connectivity index (χ2v) is 7.06. The monoisotopic (exact) mass is 445 g/mol. The first-order valence-corrected chi connectivity index (χ1v) is 9.59. The SMILES string of the molecule is C[C@H](NC(=O)c1c(F)cncc1F)c1ccc(NC(=O)OCc2ccc(Cl)cc2)cc1. The Morgan fingerprint density at radius 2 is 1.65 bits per heavy atom. The van der Waals surface area contributed by atoms with Gasteiger partial charge >= 0.3 is 6.09 Å². The predicted molar refractivity (Wildman–Crippen MR) is 112 cm³/mol. The molecule has 3 rings (SSSR count). The lowest BCUT2D eigenvalue weighted by atomic mass is 10.1. The summed E-state index contributed by atoms with van der Waals surface area (Å²) >= 11 is 5.81. The van der Waals surface area contributed by atoms with Crippen LogP contribution in [0.25, 0.3) is 0 Å². The summed E-state index contributed by atoms with van der Waals surface area (Å²) in [4.78, 5) is 27.5. The molecule has 0 fully saturated rings. The molecule has 0 saturated carbocycles. The maximum Gasteiger partial charge on any atom is 0.411 e. The van der Waals surface area contributed by atoms with Gasteiger partial charge in [0.2, 0.25) is 0 Å². The Kier molecular flexibility index (Phi) is 7.15. The topological polar surface area (TPSA) is 80.3 Å². The van der Waals surface area contributed by atoms with E-state index in [9.17, 15) is 18.4 Å². The standard InChI is InChI=1S/C22H18ClF2N3O3/c1-13(27-21(29)20-18(24)10-26-11-19(20)25)15-4-8-17(9-5-15)28-22(30)31-12-14-2-6-16(23)7-3-14/h2-11,13H,12H2,1H3,(H,27,29)(H,28,30)/t13-/m0/s1. The number of pyridine rings is 1. The Balaban J connectivity index is 1.54. The van der Waals surface area contributed by atoms with E-state index in [4.69, 9.17) is 16.3 Å². The van der Waals surface area contributed by atoms with Crippen molar-refractivity contribution in [2.75, 3.05) is 5.32 Å². The van der Waals surface area contributed by atoms with Gasteiger partial charge in [0.1, 0.15) is 12.2 Å². The number of hydrogen-bond acceptors (Lipinski definition) is 4. The molecule has 160 valence electrons. The molecule has 1 heterocycles. The molecule has 0 saturated heterocycles. The molecular formula is C22H18ClF2N3O3. The van der Waals surface area contributed by atoms with Gasteiger partial charge in [-0.05, 0) is 42.3 Å². The fraction of sp³-hybridized carbons (Fsp3) is 0.136. The molecule has 0 unspecified atom stereocenters. The molecule has 2 aromatic carbocycles. The molecule has 6 nitrogen and oxygen atoms in total. The minimum atomic E-state index is -1.04. The molecule has 0 bridgehead atoms. The van der Waals surface area contributed by atoms with Gasteiger partial charge < -0.3 is 10.1 Å². The van der Waals surface area contributed by atoms with Crippen molar-refractivity contribution < 1.29 is 23.1 Å². The molecule has 31 heavy (non-hydrogen) atoms. The Morgan fingerprint density at radius 1 is 1.03 bits per heavy atom. The molecule has 0 aliphatic rings. The summed E-state index contributed by atoms with van der Waals surface area (Å²) in [6, 6.07) is 12.9. The Hall–Kier alpha value is -3.52. The van der Waals surface area contributed by atoms with E-state index in [0.717, 1.165) is 18.0 Å². The van der Waals surface area contributed by atoms with Crippen molar-refractivity contribution >= 4 is 29.3 Å². The molecule has 0 aliphatic heterocycles. The summed E-state index contributed by atoms with van der Waals surface area (Å²) in [7, 11) is 0. The summed E-state index contributed by atoms with van der Waals surface area (Å²) in [5.74, 6) is -2.97. The number of aromatic nitrogens is 1. The lowest BCUT2D eigenvalue weighted by Gasteiger charge is -2.15. The molecule has 0 aliphatic carbocycles. The minimum absolute atomic E-state index is 0.0896. The average molecular weight is 446 g/mol. The molecule has 3 aromatic rings. The van der Waals surface area contributed by atoms with Crippen LogP contribution in [0.2, 0.25) is 5.02 Å². The third-order valence-electron chi connectivity index (χ3n) is 4.37. The molecule has 0 radical (unpaired) electrons. The molecular weight excluding hydrogens is 428 g/mol. The number of halogens is 3. The minimum Gasteiger partial charge on any atom is -0.444 e. The number of carbonyl (C=O) groups is 2. The molecule has 1 aromatic heterocycles. The highest BCUT2D eigenvalue weighted by Crippen LogP contribution is 2.18. The largest absolute Gasteiger partial charge is 0.444 e. The highest BCUT2D eigenvalue weighted by molar-refractivity contribution is 6.30. The first-order valence-electron chi connectivity index (χ1n) is 9.21. The van der Waals surface area contributed by atoms with E-state index in [-0.39, 0.29) is 6.61 Å². The average Bonchev–Trinajstić information content (AvgIpc) is 2.73. The first kappa shape index (κ1) is 22.2. The maximum absolute atomic E-state index is 13.7. The quantitative estimate of drug-likeness (QED) is 0.543. The van der Waals surface area contributed by atoms with E-state index < -0.39 is 35.2 Å². The number of benzene rings is 2. The summed E-state index contributed by atoms with van der Waals surface area (Å²) in [6.45, 7) is 1.75. The second-order valence-electron chi connectivity index (χ2n) is 6.62. The number of carbonyl (C=O) groups excluding carboxylic acids is 2. The zero-order valence-electron chi connectivity index (χ0n) is 16.4. The first-order chi connectivity index (χ1) is 14.8. The number of hydrogen-bond donors (Lipinski definition) is 2. The zero-order chi connectivity index (χ0) is 22.4. The summed E-state index contributed by atoms with van der Waals surface area (Å²) in [5, 5.41) is 5.71. The molecule has 0 spiro atoms. The van der Waals surface area contributed by atoms with Crippen molar-refractivity contribution in [3.05, 3.63) is 94.3 Å². The van der Waals surface area contributed by atoms with Gasteiger partial charge in [-0.1, -0.05) is 35.9 Å². The van der Waals surface area contributed by atoms with Crippen molar-refractivity contribution in [3.63, 3.8) is 0 Å². The molecule has 9 heteroatoms. The fourth-order valence-corrected chi connectivity index (χ4v) is 2.84. The van der Waals surface area contributed by atoms with Crippen LogP contribution in [0.5, 0.6) is 0 Å². The van der Waals surface area contributed by atoms with Gasteiger partial charge in [0.05, 0.1) is 18.4 Å². The van der Waals surface area contributed by atoms with Crippen molar-refractivity contribution in [2.24, 2.45) is 0 Å². The van der Waals surface area contributed by atoms with Gasteiger partial charge in [-0.15, -0.1) is 0 Å². The van der Waals surface area contributed by atoms with Crippen LogP contribution < -0.4 is 10.6 Å². The van der Waals surface area contributed by atoms with Gasteiger partial charge in [0, 0.05) is 10.7 Å². The Morgan fingerprint density at radius 3 is 2.26 bits per heavy atom. The third-order valence-corrected chi connectivity index (χ3v) is 4.62. The van der Waals surface area contributed by atoms with Crippen molar-refractivity contribution in [2.45, 2.75) is 19.6 Å². The van der Waals surface area contributed by atoms with Crippen LogP contribution in [0.15, 0.2) is 60.9 Å². The smallest absolute Gasteiger partial charge is 0.411 e. The number of rotatable bonds is 6. The zero-order valence-corrected chi connectivity index (χ0v) is 17.1. The van der Waals surface area contributed by atoms with Crippen LogP contribution in [0.1, 0.15) is 34.5 Å². The van der Waals surface area contributed by atoms with E-state index in [0.29, 0.717) is 16.3 Å². The van der Waals surface area contributed by atoms with Gasteiger partial charge in [0.15, 0.2) is 11.6 Å². The van der Waals surface area contributed by atoms with E-state index in [1.54, 1.807) is 55.5 Å². The van der Waals surface area contributed by atoms with E-state index in [2.05, 4.69) is 15.6 Å². The van der Waals surface area contributed by atoms with Gasteiger partial charge in [0.25, 0.3) is 5.91 Å².